The molecule has 1 aromatic carbocycles. The average molecular weight is 428 g/mol. The average Bonchev–Trinajstić information content (AvgIpc) is 3.48. The number of nitrogens with one attached hydrogen (secondary N) is 2. The monoisotopic (exact) mass is 427 g/mol. The number of nitrogens with zero attached hydrogens (tertiary/aromatic N) is 1. The summed E-state index contributed by atoms with van der Waals surface area (Å²) in [7, 11) is 0. The van der Waals surface area contributed by atoms with E-state index in [9.17, 15) is 14.4 Å². The van der Waals surface area contributed by atoms with Crippen molar-refractivity contribution < 1.29 is 14.4 Å². The molecule has 2 saturated heterocycles. The zero-order valence-corrected chi connectivity index (χ0v) is 18.4. The van der Waals surface area contributed by atoms with E-state index >= 15 is 0 Å². The van der Waals surface area contributed by atoms with Gasteiger partial charge in [0, 0.05) is 23.3 Å². The molecule has 2 N–H and O–H groups in total. The van der Waals surface area contributed by atoms with Gasteiger partial charge in [-0.1, -0.05) is 38.0 Å². The van der Waals surface area contributed by atoms with Crippen molar-refractivity contribution in [3.05, 3.63) is 29.3 Å². The first-order valence-corrected chi connectivity index (χ1v) is 12.5. The first-order valence-electron chi connectivity index (χ1n) is 11.1. The van der Waals surface area contributed by atoms with Crippen molar-refractivity contribution in [3.8, 4) is 0 Å². The van der Waals surface area contributed by atoms with E-state index in [-0.39, 0.29) is 29.8 Å². The molecular weight excluding hydrogens is 398 g/mol. The normalized spacial score (nSPS) is 32.9. The fraction of sp³-hybridized carbons (Fsp3) is 0.609. The van der Waals surface area contributed by atoms with Gasteiger partial charge in [-0.15, -0.1) is 0 Å². The molecule has 0 aromatic heterocycles. The minimum Gasteiger partial charge on any atom is -0.324 e. The Kier molecular flexibility index (Phi) is 4.93. The SMILES string of the molecule is CCc1cccc2c1NC(=O)[C@]21N[C@@H](CCSC)[C@H]2C(=O)N(C3CCCC3)C(=O)[C@@H]21. The molecule has 1 saturated carbocycles. The Morgan fingerprint density at radius 3 is 2.63 bits per heavy atom. The topological polar surface area (TPSA) is 78.5 Å². The fourth-order valence-corrected chi connectivity index (χ4v) is 6.71. The molecule has 30 heavy (non-hydrogen) atoms. The smallest absolute Gasteiger partial charge is 0.250 e. The molecule has 3 fully saturated rings. The first kappa shape index (κ1) is 20.1. The van der Waals surface area contributed by atoms with Crippen LogP contribution < -0.4 is 10.6 Å². The number of aryl methyl sites for hydroxylation is 1. The van der Waals surface area contributed by atoms with Gasteiger partial charge in [0.1, 0.15) is 5.54 Å². The van der Waals surface area contributed by atoms with Crippen LogP contribution in [0.3, 0.4) is 0 Å². The standard InChI is InChI=1S/C23H29N3O3S/c1-3-13-7-6-10-15-19(13)24-22(29)23(15)18-17(16(25-23)11-12-30-2)20(27)26(21(18)28)14-8-4-5-9-14/h6-7,10,14,16-18,25H,3-5,8-9,11-12H2,1-2H3,(H,24,29)/t16-,17+,18+,23-/m0/s1. The highest BCUT2D eigenvalue weighted by Gasteiger charge is 2.70. The van der Waals surface area contributed by atoms with Crippen molar-refractivity contribution >= 4 is 35.2 Å². The van der Waals surface area contributed by atoms with Gasteiger partial charge in [-0.05, 0) is 43.3 Å². The van der Waals surface area contributed by atoms with Crippen LogP contribution in [0.5, 0.6) is 0 Å². The second-order valence-corrected chi connectivity index (χ2v) is 9.96. The molecule has 3 aliphatic heterocycles. The number of anilines is 1. The molecule has 5 rings (SSSR count). The Balaban J connectivity index is 1.63. The fourth-order valence-electron chi connectivity index (χ4n) is 6.22. The molecule has 4 atom stereocenters. The number of thioether (sulfide) groups is 1. The van der Waals surface area contributed by atoms with Crippen LogP contribution in [0.25, 0.3) is 0 Å². The summed E-state index contributed by atoms with van der Waals surface area (Å²) >= 11 is 1.72. The number of fused-ring (bicyclic) bond motifs is 4. The summed E-state index contributed by atoms with van der Waals surface area (Å²) in [5, 5.41) is 6.61. The lowest BCUT2D eigenvalue weighted by atomic mass is 9.76. The van der Waals surface area contributed by atoms with Gasteiger partial charge < -0.3 is 5.32 Å². The van der Waals surface area contributed by atoms with Crippen LogP contribution in [0.2, 0.25) is 0 Å². The number of carbonyl (C=O) groups is 3. The maximum atomic E-state index is 13.8. The number of benzene rings is 1. The van der Waals surface area contributed by atoms with E-state index in [4.69, 9.17) is 0 Å². The van der Waals surface area contributed by atoms with Crippen LogP contribution in [-0.2, 0) is 26.3 Å². The van der Waals surface area contributed by atoms with Gasteiger partial charge in [0.05, 0.1) is 11.8 Å². The van der Waals surface area contributed by atoms with Crippen LogP contribution in [0.15, 0.2) is 18.2 Å². The molecule has 3 heterocycles. The number of para-hydroxylation sites is 1. The largest absolute Gasteiger partial charge is 0.324 e. The molecule has 1 aromatic rings. The molecule has 1 spiro atoms. The summed E-state index contributed by atoms with van der Waals surface area (Å²) in [6, 6.07) is 5.75. The number of hydrogen-bond acceptors (Lipinski definition) is 5. The third-order valence-corrected chi connectivity index (χ3v) is 8.22. The van der Waals surface area contributed by atoms with Crippen molar-refractivity contribution in [2.75, 3.05) is 17.3 Å². The molecule has 4 aliphatic rings. The van der Waals surface area contributed by atoms with E-state index in [0.29, 0.717) is 0 Å². The summed E-state index contributed by atoms with van der Waals surface area (Å²) in [5.41, 5.74) is 1.58. The van der Waals surface area contributed by atoms with Gasteiger partial charge in [-0.2, -0.15) is 11.8 Å². The van der Waals surface area contributed by atoms with Gasteiger partial charge >= 0.3 is 0 Å². The third-order valence-electron chi connectivity index (χ3n) is 7.57. The molecule has 0 bridgehead atoms. The second-order valence-electron chi connectivity index (χ2n) is 8.98. The molecule has 3 amide bonds. The molecule has 1 aliphatic carbocycles. The molecular formula is C23H29N3O3S. The van der Waals surface area contributed by atoms with Gasteiger partial charge in [0.15, 0.2) is 0 Å². The van der Waals surface area contributed by atoms with E-state index in [2.05, 4.69) is 17.6 Å². The summed E-state index contributed by atoms with van der Waals surface area (Å²) in [4.78, 5) is 42.4. The number of rotatable bonds is 5. The van der Waals surface area contributed by atoms with E-state index in [0.717, 1.165) is 61.1 Å². The van der Waals surface area contributed by atoms with Crippen LogP contribution in [0.1, 0.15) is 50.2 Å². The number of likely N-dealkylation sites (tertiary alicyclic amines) is 1. The zero-order valence-electron chi connectivity index (χ0n) is 17.6. The van der Waals surface area contributed by atoms with E-state index in [1.165, 1.54) is 0 Å². The van der Waals surface area contributed by atoms with Crippen LogP contribution >= 0.6 is 11.8 Å². The van der Waals surface area contributed by atoms with E-state index in [1.807, 2.05) is 24.5 Å². The Bertz CT molecular complexity index is 913. The molecule has 0 unspecified atom stereocenters. The molecule has 0 radical (unpaired) electrons. The van der Waals surface area contributed by atoms with Gasteiger partial charge in [0.25, 0.3) is 0 Å². The summed E-state index contributed by atoms with van der Waals surface area (Å²) in [5.74, 6) is -0.653. The predicted molar refractivity (Wildman–Crippen MR) is 117 cm³/mol. The number of amides is 3. The van der Waals surface area contributed by atoms with Gasteiger partial charge in [-0.25, -0.2) is 0 Å². The highest BCUT2D eigenvalue weighted by molar-refractivity contribution is 7.98. The van der Waals surface area contributed by atoms with Crippen LogP contribution in [0, 0.1) is 11.8 Å². The quantitative estimate of drug-likeness (QED) is 0.707. The van der Waals surface area contributed by atoms with Gasteiger partial charge in [-0.3, -0.25) is 24.6 Å². The number of carbonyl (C=O) groups excluding carboxylic acids is 3. The highest BCUT2D eigenvalue weighted by Crippen LogP contribution is 2.54. The molecule has 160 valence electrons. The van der Waals surface area contributed by atoms with Crippen LogP contribution in [0.4, 0.5) is 5.69 Å². The third kappa shape index (κ3) is 2.57. The van der Waals surface area contributed by atoms with Crippen LogP contribution in [-0.4, -0.2) is 46.7 Å². The Morgan fingerprint density at radius 1 is 1.17 bits per heavy atom. The molecule has 6 nitrogen and oxygen atoms in total. The highest BCUT2D eigenvalue weighted by atomic mass is 32.2. The number of hydrogen-bond donors (Lipinski definition) is 2. The van der Waals surface area contributed by atoms with Crippen molar-refractivity contribution in [1.29, 1.82) is 0 Å². The minimum atomic E-state index is -1.14. The van der Waals surface area contributed by atoms with Crippen molar-refractivity contribution in [2.45, 2.75) is 63.1 Å². The van der Waals surface area contributed by atoms with Gasteiger partial charge in [0.2, 0.25) is 17.7 Å². The van der Waals surface area contributed by atoms with E-state index in [1.54, 1.807) is 16.7 Å². The summed E-state index contributed by atoms with van der Waals surface area (Å²) in [6.45, 7) is 2.06. The lowest BCUT2D eigenvalue weighted by Gasteiger charge is -2.31. The Hall–Kier alpha value is -1.86. The van der Waals surface area contributed by atoms with E-state index < -0.39 is 17.4 Å². The first-order chi connectivity index (χ1) is 14.5. The Morgan fingerprint density at radius 2 is 1.93 bits per heavy atom. The zero-order chi connectivity index (χ0) is 21.0. The maximum Gasteiger partial charge on any atom is 0.250 e. The Labute approximate surface area is 181 Å². The van der Waals surface area contributed by atoms with Crippen molar-refractivity contribution in [2.24, 2.45) is 11.8 Å². The maximum absolute atomic E-state index is 13.8. The summed E-state index contributed by atoms with van der Waals surface area (Å²) in [6.07, 6.45) is 7.48. The lowest BCUT2D eigenvalue weighted by molar-refractivity contribution is -0.145. The summed E-state index contributed by atoms with van der Waals surface area (Å²) < 4.78 is 0. The minimum absolute atomic E-state index is 0.000221. The lowest BCUT2D eigenvalue weighted by Crippen LogP contribution is -2.54. The second kappa shape index (κ2) is 7.38. The molecule has 7 heteroatoms. The van der Waals surface area contributed by atoms with Crippen molar-refractivity contribution in [1.82, 2.24) is 10.2 Å². The predicted octanol–water partition coefficient (Wildman–Crippen LogP) is 2.67. The van der Waals surface area contributed by atoms with Crippen molar-refractivity contribution in [3.63, 3.8) is 0 Å². The number of imide groups is 1.